The number of halogens is 1. The molecule has 0 aromatic carbocycles. The van der Waals surface area contributed by atoms with E-state index in [0.717, 1.165) is 11.6 Å². The van der Waals surface area contributed by atoms with Gasteiger partial charge in [0.1, 0.15) is 11.6 Å². The van der Waals surface area contributed by atoms with Gasteiger partial charge in [0.15, 0.2) is 0 Å². The van der Waals surface area contributed by atoms with Crippen molar-refractivity contribution >= 4 is 17.4 Å². The molecule has 84 valence electrons. The molecule has 0 spiro atoms. The van der Waals surface area contributed by atoms with Crippen molar-refractivity contribution in [1.29, 1.82) is 0 Å². The first-order valence-electron chi connectivity index (χ1n) is 4.63. The van der Waals surface area contributed by atoms with Crippen LogP contribution in [0.5, 0.6) is 5.75 Å². The van der Waals surface area contributed by atoms with Crippen LogP contribution in [0.1, 0.15) is 0 Å². The second-order valence-electron chi connectivity index (χ2n) is 3.02. The van der Waals surface area contributed by atoms with Crippen LogP contribution < -0.4 is 10.1 Å². The molecule has 0 bridgehead atoms. The zero-order valence-corrected chi connectivity index (χ0v) is 9.62. The Balaban J connectivity index is 2.37. The van der Waals surface area contributed by atoms with Crippen LogP contribution >= 0.6 is 11.6 Å². The molecule has 0 amide bonds. The number of anilines is 1. The molecular weight excluding hydrogens is 216 g/mol. The number of hydrogen-bond acceptors (Lipinski definition) is 4. The van der Waals surface area contributed by atoms with E-state index >= 15 is 0 Å². The van der Waals surface area contributed by atoms with Gasteiger partial charge >= 0.3 is 0 Å². The molecular formula is C10H15ClN2O2. The van der Waals surface area contributed by atoms with E-state index in [2.05, 4.69) is 10.3 Å². The minimum Gasteiger partial charge on any atom is -0.495 e. The van der Waals surface area contributed by atoms with E-state index in [1.807, 2.05) is 12.1 Å². The van der Waals surface area contributed by atoms with Crippen LogP contribution in [-0.4, -0.2) is 37.7 Å². The SMILES string of the molecule is COCC(Cl)CNc1ccc(OC)cn1. The number of pyridine rings is 1. The van der Waals surface area contributed by atoms with Crippen LogP contribution in [0.2, 0.25) is 0 Å². The number of aromatic nitrogens is 1. The summed E-state index contributed by atoms with van der Waals surface area (Å²) in [5.74, 6) is 1.51. The second kappa shape index (κ2) is 6.48. The zero-order valence-electron chi connectivity index (χ0n) is 8.87. The molecule has 0 fully saturated rings. The van der Waals surface area contributed by atoms with Gasteiger partial charge in [0, 0.05) is 13.7 Å². The molecule has 1 atom stereocenters. The maximum atomic E-state index is 5.95. The standard InChI is InChI=1S/C10H15ClN2O2/c1-14-7-8(11)5-12-10-4-3-9(15-2)6-13-10/h3-4,6,8H,5,7H2,1-2H3,(H,12,13). The fourth-order valence-electron chi connectivity index (χ4n) is 1.06. The summed E-state index contributed by atoms with van der Waals surface area (Å²) >= 11 is 5.95. The van der Waals surface area contributed by atoms with Crippen LogP contribution in [0, 0.1) is 0 Å². The Kier molecular flexibility index (Phi) is 5.21. The molecule has 1 aromatic heterocycles. The third kappa shape index (κ3) is 4.36. The van der Waals surface area contributed by atoms with Gasteiger partial charge in [-0.3, -0.25) is 0 Å². The maximum absolute atomic E-state index is 5.95. The average molecular weight is 231 g/mol. The van der Waals surface area contributed by atoms with E-state index in [4.69, 9.17) is 21.1 Å². The van der Waals surface area contributed by atoms with Gasteiger partial charge in [0.2, 0.25) is 0 Å². The Labute approximate surface area is 94.6 Å². The topological polar surface area (TPSA) is 43.4 Å². The molecule has 1 rings (SSSR count). The quantitative estimate of drug-likeness (QED) is 0.757. The Morgan fingerprint density at radius 1 is 1.47 bits per heavy atom. The van der Waals surface area contributed by atoms with Crippen molar-refractivity contribution in [1.82, 2.24) is 4.98 Å². The van der Waals surface area contributed by atoms with Crippen molar-refractivity contribution in [2.75, 3.05) is 32.7 Å². The van der Waals surface area contributed by atoms with E-state index in [9.17, 15) is 0 Å². The number of methoxy groups -OCH3 is 2. The number of rotatable bonds is 6. The molecule has 0 aliphatic rings. The number of nitrogens with zero attached hydrogens (tertiary/aromatic N) is 1. The first-order chi connectivity index (χ1) is 7.26. The van der Waals surface area contributed by atoms with E-state index in [1.54, 1.807) is 20.4 Å². The number of hydrogen-bond donors (Lipinski definition) is 1. The molecule has 1 unspecified atom stereocenters. The molecule has 4 nitrogen and oxygen atoms in total. The molecule has 0 saturated carbocycles. The van der Waals surface area contributed by atoms with E-state index in [1.165, 1.54) is 0 Å². The summed E-state index contributed by atoms with van der Waals surface area (Å²) in [5, 5.41) is 3.05. The lowest BCUT2D eigenvalue weighted by atomic mass is 10.4. The highest BCUT2D eigenvalue weighted by Gasteiger charge is 2.03. The summed E-state index contributed by atoms with van der Waals surface area (Å²) in [4.78, 5) is 4.15. The lowest BCUT2D eigenvalue weighted by molar-refractivity contribution is 0.200. The van der Waals surface area contributed by atoms with Crippen molar-refractivity contribution < 1.29 is 9.47 Å². The normalized spacial score (nSPS) is 12.2. The van der Waals surface area contributed by atoms with Crippen LogP contribution in [0.25, 0.3) is 0 Å². The van der Waals surface area contributed by atoms with Crippen LogP contribution in [0.15, 0.2) is 18.3 Å². The maximum Gasteiger partial charge on any atom is 0.137 e. The summed E-state index contributed by atoms with van der Waals surface area (Å²) in [5.41, 5.74) is 0. The van der Waals surface area contributed by atoms with Crippen molar-refractivity contribution in [3.63, 3.8) is 0 Å². The summed E-state index contributed by atoms with van der Waals surface area (Å²) in [6.45, 7) is 1.14. The van der Waals surface area contributed by atoms with E-state index in [0.29, 0.717) is 13.2 Å². The minimum absolute atomic E-state index is 0.0566. The fourth-order valence-corrected chi connectivity index (χ4v) is 1.26. The largest absolute Gasteiger partial charge is 0.495 e. The van der Waals surface area contributed by atoms with Crippen LogP contribution in [0.3, 0.4) is 0 Å². The summed E-state index contributed by atoms with van der Waals surface area (Å²) in [7, 11) is 3.23. The highest BCUT2D eigenvalue weighted by molar-refractivity contribution is 6.21. The molecule has 0 aliphatic carbocycles. The molecule has 0 aliphatic heterocycles. The summed E-state index contributed by atoms with van der Waals surface area (Å²) < 4.78 is 9.91. The summed E-state index contributed by atoms with van der Waals surface area (Å²) in [6, 6.07) is 3.68. The highest BCUT2D eigenvalue weighted by Crippen LogP contribution is 2.11. The van der Waals surface area contributed by atoms with Gasteiger partial charge < -0.3 is 14.8 Å². The smallest absolute Gasteiger partial charge is 0.137 e. The van der Waals surface area contributed by atoms with Gasteiger partial charge in [0.05, 0.1) is 25.3 Å². The third-order valence-electron chi connectivity index (χ3n) is 1.82. The Bertz CT molecular complexity index is 279. The van der Waals surface area contributed by atoms with Gasteiger partial charge in [-0.1, -0.05) is 0 Å². The molecule has 0 radical (unpaired) electrons. The van der Waals surface area contributed by atoms with Gasteiger partial charge in [-0.2, -0.15) is 0 Å². The van der Waals surface area contributed by atoms with E-state index in [-0.39, 0.29) is 5.38 Å². The van der Waals surface area contributed by atoms with Crippen molar-refractivity contribution in [2.24, 2.45) is 0 Å². The van der Waals surface area contributed by atoms with Crippen molar-refractivity contribution in [3.05, 3.63) is 18.3 Å². The predicted molar refractivity (Wildman–Crippen MR) is 60.8 cm³/mol. The molecule has 5 heteroatoms. The fraction of sp³-hybridized carbons (Fsp3) is 0.500. The average Bonchev–Trinajstić information content (AvgIpc) is 2.27. The first-order valence-corrected chi connectivity index (χ1v) is 5.07. The molecule has 0 saturated heterocycles. The van der Waals surface area contributed by atoms with Crippen LogP contribution in [-0.2, 0) is 4.74 Å². The first kappa shape index (κ1) is 12.1. The Morgan fingerprint density at radius 3 is 2.80 bits per heavy atom. The molecule has 1 heterocycles. The van der Waals surface area contributed by atoms with Crippen LogP contribution in [0.4, 0.5) is 5.82 Å². The lowest BCUT2D eigenvalue weighted by Gasteiger charge is -2.10. The minimum atomic E-state index is -0.0566. The van der Waals surface area contributed by atoms with Crippen molar-refractivity contribution in [2.45, 2.75) is 5.38 Å². The van der Waals surface area contributed by atoms with Crippen molar-refractivity contribution in [3.8, 4) is 5.75 Å². The van der Waals surface area contributed by atoms with Gasteiger partial charge in [-0.25, -0.2) is 4.98 Å². The molecule has 1 aromatic rings. The van der Waals surface area contributed by atoms with Gasteiger partial charge in [0.25, 0.3) is 0 Å². The molecule has 1 N–H and O–H groups in total. The van der Waals surface area contributed by atoms with Gasteiger partial charge in [-0.15, -0.1) is 11.6 Å². The van der Waals surface area contributed by atoms with E-state index < -0.39 is 0 Å². The zero-order chi connectivity index (χ0) is 11.1. The Hall–Kier alpha value is -1.00. The predicted octanol–water partition coefficient (Wildman–Crippen LogP) is 1.76. The second-order valence-corrected chi connectivity index (χ2v) is 3.63. The Morgan fingerprint density at radius 2 is 2.27 bits per heavy atom. The molecule has 15 heavy (non-hydrogen) atoms. The number of nitrogens with one attached hydrogen (secondary N) is 1. The van der Waals surface area contributed by atoms with Gasteiger partial charge in [-0.05, 0) is 12.1 Å². The monoisotopic (exact) mass is 230 g/mol. The summed E-state index contributed by atoms with van der Waals surface area (Å²) in [6.07, 6.45) is 1.65. The highest BCUT2D eigenvalue weighted by atomic mass is 35.5. The third-order valence-corrected chi connectivity index (χ3v) is 2.10. The number of ether oxygens (including phenoxy) is 2. The lowest BCUT2D eigenvalue weighted by Crippen LogP contribution is -2.19. The number of alkyl halides is 1.